The number of aromatic carboxylic acids is 1. The lowest BCUT2D eigenvalue weighted by atomic mass is 10.2. The van der Waals surface area contributed by atoms with E-state index in [4.69, 9.17) is 10.9 Å². The summed E-state index contributed by atoms with van der Waals surface area (Å²) in [6, 6.07) is 3.24. The summed E-state index contributed by atoms with van der Waals surface area (Å²) in [6.45, 7) is 0. The maximum absolute atomic E-state index is 11.0. The molecule has 6 heteroatoms. The van der Waals surface area contributed by atoms with Crippen LogP contribution in [0.15, 0.2) is 30.7 Å². The zero-order valence-corrected chi connectivity index (χ0v) is 8.66. The molecule has 0 aliphatic rings. The summed E-state index contributed by atoms with van der Waals surface area (Å²) in [6.07, 6.45) is 4.95. The summed E-state index contributed by atoms with van der Waals surface area (Å²) >= 11 is 0. The Morgan fingerprint density at radius 2 is 2.24 bits per heavy atom. The van der Waals surface area contributed by atoms with Gasteiger partial charge in [0.25, 0.3) is 0 Å². The van der Waals surface area contributed by atoms with E-state index in [1.54, 1.807) is 24.7 Å². The van der Waals surface area contributed by atoms with E-state index in [2.05, 4.69) is 9.97 Å². The van der Waals surface area contributed by atoms with Gasteiger partial charge in [0.2, 0.25) is 0 Å². The molecule has 0 amide bonds. The minimum absolute atomic E-state index is 0.0109. The molecule has 0 aliphatic heterocycles. The molecule has 84 valence electrons. The van der Waals surface area contributed by atoms with Gasteiger partial charge < -0.3 is 10.9 Å². The smallest absolute Gasteiger partial charge is 0.354 e. The molecule has 0 unspecified atom stereocenters. The van der Waals surface area contributed by atoms with E-state index in [1.165, 1.54) is 6.07 Å². The summed E-state index contributed by atoms with van der Waals surface area (Å²) in [4.78, 5) is 19.1. The Morgan fingerprint density at radius 3 is 3.00 bits per heavy atom. The number of nitrogen functional groups attached to an aromatic ring is 1. The number of carboxylic acids is 1. The van der Waals surface area contributed by atoms with Gasteiger partial charge in [0.05, 0.1) is 11.0 Å². The molecule has 0 saturated heterocycles. The number of fused-ring (bicyclic) bond motifs is 3. The molecule has 0 radical (unpaired) electrons. The first-order chi connectivity index (χ1) is 8.18. The number of carbonyl (C=O) groups is 1. The second-order valence-electron chi connectivity index (χ2n) is 3.66. The highest BCUT2D eigenvalue weighted by molar-refractivity contribution is 6.06. The molecule has 0 saturated carbocycles. The van der Waals surface area contributed by atoms with Gasteiger partial charge in [-0.15, -0.1) is 0 Å². The normalized spacial score (nSPS) is 11.1. The van der Waals surface area contributed by atoms with Gasteiger partial charge in [-0.3, -0.25) is 14.6 Å². The predicted octanol–water partition coefficient (Wildman–Crippen LogP) is 0.996. The van der Waals surface area contributed by atoms with E-state index in [-0.39, 0.29) is 5.69 Å². The van der Waals surface area contributed by atoms with Crippen LogP contribution in [0.1, 0.15) is 10.5 Å². The van der Waals surface area contributed by atoms with E-state index in [9.17, 15) is 4.79 Å². The molecule has 0 aliphatic carbocycles. The summed E-state index contributed by atoms with van der Waals surface area (Å²) in [7, 11) is 0. The first-order valence-electron chi connectivity index (χ1n) is 4.91. The number of carboxylic acid groups (broad SMARTS) is 1. The third-order valence-corrected chi connectivity index (χ3v) is 2.69. The third-order valence-electron chi connectivity index (χ3n) is 2.69. The number of hydrogen-bond donors (Lipinski definition) is 2. The highest BCUT2D eigenvalue weighted by atomic mass is 16.4. The van der Waals surface area contributed by atoms with Crippen LogP contribution in [0, 0.1) is 0 Å². The van der Waals surface area contributed by atoms with Crippen LogP contribution in [0.5, 0.6) is 0 Å². The molecule has 0 aromatic carbocycles. The van der Waals surface area contributed by atoms with E-state index in [1.807, 2.05) is 0 Å². The first kappa shape index (κ1) is 9.59. The summed E-state index contributed by atoms with van der Waals surface area (Å²) in [5.41, 5.74) is 1.17. The van der Waals surface area contributed by atoms with Gasteiger partial charge in [-0.1, -0.05) is 0 Å². The third kappa shape index (κ3) is 1.24. The minimum Gasteiger partial charge on any atom is -0.477 e. The Balaban J connectivity index is 2.53. The Bertz CT molecular complexity index is 748. The van der Waals surface area contributed by atoms with Crippen molar-refractivity contribution in [3.8, 4) is 0 Å². The SMILES string of the molecule is Nn1c(C(=O)O)cc2ncc3cnccc3c21. The summed E-state index contributed by atoms with van der Waals surface area (Å²) in [5.74, 6) is 4.71. The van der Waals surface area contributed by atoms with Crippen LogP contribution in [-0.2, 0) is 0 Å². The molecular formula is C11H8N4O2. The molecule has 6 nitrogen and oxygen atoms in total. The molecule has 0 bridgehead atoms. The van der Waals surface area contributed by atoms with Crippen LogP contribution < -0.4 is 5.84 Å². The molecule has 3 heterocycles. The van der Waals surface area contributed by atoms with Gasteiger partial charge >= 0.3 is 5.97 Å². The van der Waals surface area contributed by atoms with Crippen LogP contribution in [-0.4, -0.2) is 25.7 Å². The molecule has 0 fully saturated rings. The molecule has 0 atom stereocenters. The Labute approximate surface area is 95.3 Å². The fraction of sp³-hybridized carbons (Fsp3) is 0. The minimum atomic E-state index is -1.08. The number of nitrogens with zero attached hydrogens (tertiary/aromatic N) is 3. The van der Waals surface area contributed by atoms with Crippen molar-refractivity contribution >= 4 is 27.8 Å². The van der Waals surface area contributed by atoms with E-state index >= 15 is 0 Å². The van der Waals surface area contributed by atoms with Crippen molar-refractivity contribution in [2.75, 3.05) is 5.84 Å². The van der Waals surface area contributed by atoms with Gasteiger partial charge in [-0.2, -0.15) is 0 Å². The van der Waals surface area contributed by atoms with Gasteiger partial charge in [0, 0.05) is 29.4 Å². The van der Waals surface area contributed by atoms with Gasteiger partial charge in [0.15, 0.2) is 0 Å². The lowest BCUT2D eigenvalue weighted by Gasteiger charge is -2.02. The molecule has 3 rings (SSSR count). The highest BCUT2D eigenvalue weighted by Crippen LogP contribution is 2.24. The topological polar surface area (TPSA) is 94.0 Å². The Morgan fingerprint density at radius 1 is 1.41 bits per heavy atom. The average Bonchev–Trinajstić information content (AvgIpc) is 2.67. The fourth-order valence-electron chi connectivity index (χ4n) is 1.91. The van der Waals surface area contributed by atoms with E-state index in [0.29, 0.717) is 11.0 Å². The molecule has 3 aromatic heterocycles. The quantitative estimate of drug-likeness (QED) is 0.606. The van der Waals surface area contributed by atoms with Gasteiger partial charge in [-0.25, -0.2) is 4.79 Å². The van der Waals surface area contributed by atoms with Gasteiger partial charge in [-0.05, 0) is 12.1 Å². The maximum Gasteiger partial charge on any atom is 0.354 e. The largest absolute Gasteiger partial charge is 0.477 e. The van der Waals surface area contributed by atoms with E-state index < -0.39 is 5.97 Å². The van der Waals surface area contributed by atoms with Crippen molar-refractivity contribution in [1.29, 1.82) is 0 Å². The molecule has 3 N–H and O–H groups in total. The number of nitrogens with two attached hydrogens (primary N) is 1. The monoisotopic (exact) mass is 228 g/mol. The molecule has 3 aromatic rings. The zero-order chi connectivity index (χ0) is 12.0. The zero-order valence-electron chi connectivity index (χ0n) is 8.66. The van der Waals surface area contributed by atoms with Crippen LogP contribution in [0.25, 0.3) is 21.8 Å². The van der Waals surface area contributed by atoms with Crippen LogP contribution >= 0.6 is 0 Å². The average molecular weight is 228 g/mol. The Kier molecular flexibility index (Phi) is 1.79. The van der Waals surface area contributed by atoms with Crippen molar-refractivity contribution in [3.05, 3.63) is 36.4 Å². The number of rotatable bonds is 1. The van der Waals surface area contributed by atoms with Crippen molar-refractivity contribution in [1.82, 2.24) is 14.6 Å². The first-order valence-corrected chi connectivity index (χ1v) is 4.91. The molecule has 17 heavy (non-hydrogen) atoms. The van der Waals surface area contributed by atoms with Crippen molar-refractivity contribution in [2.45, 2.75) is 0 Å². The van der Waals surface area contributed by atoms with Gasteiger partial charge in [0.1, 0.15) is 5.69 Å². The van der Waals surface area contributed by atoms with Crippen molar-refractivity contribution in [2.24, 2.45) is 0 Å². The van der Waals surface area contributed by atoms with Crippen LogP contribution in [0.4, 0.5) is 0 Å². The van der Waals surface area contributed by atoms with Crippen LogP contribution in [0.2, 0.25) is 0 Å². The lowest BCUT2D eigenvalue weighted by molar-refractivity contribution is 0.0688. The molecular weight excluding hydrogens is 220 g/mol. The van der Waals surface area contributed by atoms with E-state index in [0.717, 1.165) is 15.4 Å². The number of aromatic nitrogens is 3. The lowest BCUT2D eigenvalue weighted by Crippen LogP contribution is -2.15. The maximum atomic E-state index is 11.0. The number of hydrogen-bond acceptors (Lipinski definition) is 4. The predicted molar refractivity (Wildman–Crippen MR) is 62.1 cm³/mol. The summed E-state index contributed by atoms with van der Waals surface area (Å²) in [5, 5.41) is 10.7. The van der Waals surface area contributed by atoms with Crippen molar-refractivity contribution in [3.63, 3.8) is 0 Å². The fourth-order valence-corrected chi connectivity index (χ4v) is 1.91. The molecule has 0 spiro atoms. The summed E-state index contributed by atoms with van der Waals surface area (Å²) < 4.78 is 1.15. The highest BCUT2D eigenvalue weighted by Gasteiger charge is 2.15. The second kappa shape index (κ2) is 3.18. The Hall–Kier alpha value is -2.63. The second-order valence-corrected chi connectivity index (χ2v) is 3.66. The standard InChI is InChI=1S/C11H8N4O2/c12-15-9(11(16)17)3-8-10(15)7-1-2-13-4-6(7)5-14-8/h1-5H,12H2,(H,16,17). The van der Waals surface area contributed by atoms with Crippen molar-refractivity contribution < 1.29 is 9.90 Å². The number of pyridine rings is 2. The van der Waals surface area contributed by atoms with Crippen LogP contribution in [0.3, 0.4) is 0 Å².